The van der Waals surface area contributed by atoms with Gasteiger partial charge in [-0.3, -0.25) is 0 Å². The Bertz CT molecular complexity index is 830. The number of halogens is 1. The number of hydrogen-bond acceptors (Lipinski definition) is 4. The van der Waals surface area contributed by atoms with Gasteiger partial charge in [0.1, 0.15) is 11.5 Å². The van der Waals surface area contributed by atoms with Gasteiger partial charge in [0, 0.05) is 16.1 Å². The number of carbonyl (C=O) groups excluding carboxylic acids is 1. The van der Waals surface area contributed by atoms with Crippen LogP contribution in [0.25, 0.3) is 11.3 Å². The third kappa shape index (κ3) is 4.39. The summed E-state index contributed by atoms with van der Waals surface area (Å²) < 4.78 is 29.4. The second kappa shape index (κ2) is 6.98. The summed E-state index contributed by atoms with van der Waals surface area (Å²) in [5, 5.41) is 5.35. The Labute approximate surface area is 148 Å². The Morgan fingerprint density at radius 2 is 1.96 bits per heavy atom. The smallest absolute Gasteiger partial charge is 0.315 e. The van der Waals surface area contributed by atoms with E-state index in [-0.39, 0.29) is 24.1 Å². The zero-order valence-electron chi connectivity index (χ0n) is 12.8. The Hall–Kier alpha value is -1.80. The monoisotopic (exact) mass is 412 g/mol. The number of carbonyl (C=O) groups is 1. The van der Waals surface area contributed by atoms with Gasteiger partial charge in [-0.05, 0) is 30.7 Å². The van der Waals surface area contributed by atoms with Gasteiger partial charge in [0.05, 0.1) is 18.1 Å². The van der Waals surface area contributed by atoms with E-state index in [0.717, 1.165) is 15.8 Å². The lowest BCUT2D eigenvalue weighted by atomic mass is 10.2. The average molecular weight is 413 g/mol. The SMILES string of the molecule is O=C(NCc1ccc(-c2ccc(Br)cc2)o1)N[C@H]1CCS(=O)(=O)C1. The molecule has 0 radical (unpaired) electrons. The van der Waals surface area contributed by atoms with Gasteiger partial charge in [0.25, 0.3) is 0 Å². The lowest BCUT2D eigenvalue weighted by molar-refractivity contribution is 0.236. The molecule has 1 saturated heterocycles. The molecular formula is C16H17BrN2O4S. The first-order valence-electron chi connectivity index (χ1n) is 7.51. The van der Waals surface area contributed by atoms with Crippen LogP contribution >= 0.6 is 15.9 Å². The minimum Gasteiger partial charge on any atom is -0.459 e. The summed E-state index contributed by atoms with van der Waals surface area (Å²) in [6.07, 6.45) is 0.463. The maximum Gasteiger partial charge on any atom is 0.315 e. The van der Waals surface area contributed by atoms with Gasteiger partial charge in [-0.25, -0.2) is 13.2 Å². The van der Waals surface area contributed by atoms with Gasteiger partial charge in [-0.1, -0.05) is 28.1 Å². The molecule has 2 heterocycles. The van der Waals surface area contributed by atoms with Crippen molar-refractivity contribution in [2.24, 2.45) is 0 Å². The molecule has 1 aliphatic heterocycles. The van der Waals surface area contributed by atoms with Gasteiger partial charge in [0.15, 0.2) is 9.84 Å². The highest BCUT2D eigenvalue weighted by molar-refractivity contribution is 9.10. The topological polar surface area (TPSA) is 88.4 Å². The molecule has 0 bridgehead atoms. The van der Waals surface area contributed by atoms with Crippen LogP contribution in [-0.2, 0) is 16.4 Å². The third-order valence-electron chi connectivity index (χ3n) is 3.78. The van der Waals surface area contributed by atoms with E-state index in [1.54, 1.807) is 6.07 Å². The number of urea groups is 1. The number of furan rings is 1. The molecule has 24 heavy (non-hydrogen) atoms. The van der Waals surface area contributed by atoms with Crippen molar-refractivity contribution in [1.29, 1.82) is 0 Å². The maximum atomic E-state index is 11.8. The van der Waals surface area contributed by atoms with Crippen molar-refractivity contribution < 1.29 is 17.6 Å². The normalized spacial score (nSPS) is 19.1. The van der Waals surface area contributed by atoms with Crippen molar-refractivity contribution in [2.45, 2.75) is 19.0 Å². The standard InChI is InChI=1S/C16H17BrN2O4S/c17-12-3-1-11(2-4-12)15-6-5-14(23-15)9-18-16(20)19-13-7-8-24(21,22)10-13/h1-6,13H,7-10H2,(H2,18,19,20)/t13-/m0/s1. The lowest BCUT2D eigenvalue weighted by Crippen LogP contribution is -2.42. The Balaban J connectivity index is 1.52. The predicted octanol–water partition coefficient (Wildman–Crippen LogP) is 2.70. The summed E-state index contributed by atoms with van der Waals surface area (Å²) >= 11 is 3.38. The van der Waals surface area contributed by atoms with Gasteiger partial charge in [0.2, 0.25) is 0 Å². The summed E-state index contributed by atoms with van der Waals surface area (Å²) in [4.78, 5) is 11.8. The number of amides is 2. The molecule has 1 aliphatic rings. The minimum absolute atomic E-state index is 0.00882. The van der Waals surface area contributed by atoms with Crippen LogP contribution in [0.15, 0.2) is 45.3 Å². The second-order valence-corrected chi connectivity index (χ2v) is 8.84. The zero-order chi connectivity index (χ0) is 17.2. The van der Waals surface area contributed by atoms with Crippen molar-refractivity contribution in [3.8, 4) is 11.3 Å². The summed E-state index contributed by atoms with van der Waals surface area (Å²) in [7, 11) is -3.00. The summed E-state index contributed by atoms with van der Waals surface area (Å²) in [5.74, 6) is 1.49. The van der Waals surface area contributed by atoms with Gasteiger partial charge >= 0.3 is 6.03 Å². The molecule has 2 N–H and O–H groups in total. The molecule has 1 aromatic carbocycles. The van der Waals surface area contributed by atoms with E-state index in [2.05, 4.69) is 26.6 Å². The largest absolute Gasteiger partial charge is 0.459 e. The van der Waals surface area contributed by atoms with E-state index in [1.165, 1.54) is 0 Å². The van der Waals surface area contributed by atoms with Crippen LogP contribution in [0.1, 0.15) is 12.2 Å². The first kappa shape index (κ1) is 17.0. The molecule has 1 aromatic heterocycles. The number of sulfone groups is 1. The molecule has 3 rings (SSSR count). The fourth-order valence-electron chi connectivity index (χ4n) is 2.55. The summed E-state index contributed by atoms with van der Waals surface area (Å²) in [6, 6.07) is 10.7. The molecule has 6 nitrogen and oxygen atoms in total. The highest BCUT2D eigenvalue weighted by atomic mass is 79.9. The van der Waals surface area contributed by atoms with Crippen LogP contribution < -0.4 is 10.6 Å². The fraction of sp³-hybridized carbons (Fsp3) is 0.312. The summed E-state index contributed by atoms with van der Waals surface area (Å²) in [5.41, 5.74) is 0.949. The van der Waals surface area contributed by atoms with Crippen molar-refractivity contribution in [2.75, 3.05) is 11.5 Å². The van der Waals surface area contributed by atoms with Crippen LogP contribution in [0.5, 0.6) is 0 Å². The highest BCUT2D eigenvalue weighted by Gasteiger charge is 2.28. The molecule has 0 saturated carbocycles. The van der Waals surface area contributed by atoms with E-state index in [0.29, 0.717) is 12.2 Å². The number of benzene rings is 1. The highest BCUT2D eigenvalue weighted by Crippen LogP contribution is 2.23. The van der Waals surface area contributed by atoms with E-state index < -0.39 is 15.9 Å². The first-order chi connectivity index (χ1) is 11.4. The van der Waals surface area contributed by atoms with Crippen LogP contribution in [0.4, 0.5) is 4.79 Å². The minimum atomic E-state index is -3.00. The van der Waals surface area contributed by atoms with E-state index in [9.17, 15) is 13.2 Å². The molecular weight excluding hydrogens is 396 g/mol. The van der Waals surface area contributed by atoms with Crippen molar-refractivity contribution in [3.63, 3.8) is 0 Å². The van der Waals surface area contributed by atoms with Gasteiger partial charge in [-0.15, -0.1) is 0 Å². The van der Waals surface area contributed by atoms with E-state index >= 15 is 0 Å². The van der Waals surface area contributed by atoms with Gasteiger partial charge in [-0.2, -0.15) is 0 Å². The molecule has 1 atom stereocenters. The molecule has 2 aromatic rings. The van der Waals surface area contributed by atoms with Crippen LogP contribution in [-0.4, -0.2) is 32.0 Å². The number of nitrogens with one attached hydrogen (secondary N) is 2. The Kier molecular flexibility index (Phi) is 4.96. The van der Waals surface area contributed by atoms with Crippen molar-refractivity contribution in [3.05, 3.63) is 46.6 Å². The number of rotatable bonds is 4. The van der Waals surface area contributed by atoms with Crippen molar-refractivity contribution >= 4 is 31.8 Å². The molecule has 8 heteroatoms. The third-order valence-corrected chi connectivity index (χ3v) is 6.08. The van der Waals surface area contributed by atoms with E-state index in [4.69, 9.17) is 4.42 Å². The molecule has 128 valence electrons. The number of hydrogen-bond donors (Lipinski definition) is 2. The Morgan fingerprint density at radius 3 is 2.62 bits per heavy atom. The molecule has 1 fully saturated rings. The maximum absolute atomic E-state index is 11.8. The van der Waals surface area contributed by atoms with E-state index in [1.807, 2.05) is 30.3 Å². The zero-order valence-corrected chi connectivity index (χ0v) is 15.2. The predicted molar refractivity (Wildman–Crippen MR) is 94.3 cm³/mol. The molecule has 2 amide bonds. The molecule has 0 aliphatic carbocycles. The van der Waals surface area contributed by atoms with Crippen LogP contribution in [0, 0.1) is 0 Å². The lowest BCUT2D eigenvalue weighted by Gasteiger charge is -2.11. The second-order valence-electron chi connectivity index (χ2n) is 5.70. The quantitative estimate of drug-likeness (QED) is 0.807. The van der Waals surface area contributed by atoms with Crippen LogP contribution in [0.3, 0.4) is 0 Å². The van der Waals surface area contributed by atoms with Crippen molar-refractivity contribution in [1.82, 2.24) is 10.6 Å². The average Bonchev–Trinajstić information content (AvgIpc) is 3.12. The molecule has 0 unspecified atom stereocenters. The summed E-state index contributed by atoms with van der Waals surface area (Å²) in [6.45, 7) is 0.238. The molecule has 0 spiro atoms. The Morgan fingerprint density at radius 1 is 1.21 bits per heavy atom. The first-order valence-corrected chi connectivity index (χ1v) is 10.1. The van der Waals surface area contributed by atoms with Crippen LogP contribution in [0.2, 0.25) is 0 Å². The fourth-order valence-corrected chi connectivity index (χ4v) is 4.49. The van der Waals surface area contributed by atoms with Gasteiger partial charge < -0.3 is 15.1 Å².